The molecule has 0 spiro atoms. The van der Waals surface area contributed by atoms with Gasteiger partial charge in [-0.2, -0.15) is 0 Å². The summed E-state index contributed by atoms with van der Waals surface area (Å²) >= 11 is 6.04. The normalized spacial score (nSPS) is 11.2. The van der Waals surface area contributed by atoms with Crippen LogP contribution in [0.15, 0.2) is 18.2 Å². The highest BCUT2D eigenvalue weighted by Gasteiger charge is 2.09. The Hall–Kier alpha value is -1.06. The summed E-state index contributed by atoms with van der Waals surface area (Å²) in [6.07, 6.45) is 3.00. The second-order valence-electron chi connectivity index (χ2n) is 4.20. The first-order valence-corrected chi connectivity index (χ1v) is 6.48. The zero-order valence-electron chi connectivity index (χ0n) is 10.1. The lowest BCUT2D eigenvalue weighted by Gasteiger charge is -2.07. The second-order valence-corrected chi connectivity index (χ2v) is 4.64. The molecule has 4 heteroatoms. The summed E-state index contributed by atoms with van der Waals surface area (Å²) in [5.74, 6) is 1.12. The molecule has 0 aliphatic rings. The minimum atomic E-state index is 0.704. The number of aromatic nitrogens is 2. The van der Waals surface area contributed by atoms with Crippen LogP contribution in [0.1, 0.15) is 25.6 Å². The Morgan fingerprint density at radius 2 is 2.24 bits per heavy atom. The molecule has 0 atom stereocenters. The van der Waals surface area contributed by atoms with Gasteiger partial charge in [0, 0.05) is 18.0 Å². The van der Waals surface area contributed by atoms with Crippen molar-refractivity contribution >= 4 is 22.6 Å². The highest BCUT2D eigenvalue weighted by molar-refractivity contribution is 6.31. The lowest BCUT2D eigenvalue weighted by atomic mass is 10.3. The summed E-state index contributed by atoms with van der Waals surface area (Å²) in [5, 5.41) is 0.764. The van der Waals surface area contributed by atoms with Crippen LogP contribution in [0.5, 0.6) is 0 Å². The molecule has 2 aromatic rings. The summed E-state index contributed by atoms with van der Waals surface area (Å²) in [6.45, 7) is 3.86. The fourth-order valence-electron chi connectivity index (χ4n) is 2.07. The van der Waals surface area contributed by atoms with Crippen LogP contribution in [0.3, 0.4) is 0 Å². The number of nitrogens with zero attached hydrogens (tertiary/aromatic N) is 2. The minimum Gasteiger partial charge on any atom is -0.330 e. The van der Waals surface area contributed by atoms with Crippen molar-refractivity contribution in [3.05, 3.63) is 29.0 Å². The quantitative estimate of drug-likeness (QED) is 0.888. The standard InChI is InChI=1S/C13H18ClN3/c1-2-8-17-12-9-10(14)5-6-11(12)16-13(17)4-3-7-15/h5-6,9H,2-4,7-8,15H2,1H3. The topological polar surface area (TPSA) is 43.8 Å². The van der Waals surface area contributed by atoms with Gasteiger partial charge in [0.05, 0.1) is 11.0 Å². The van der Waals surface area contributed by atoms with E-state index in [-0.39, 0.29) is 0 Å². The second kappa shape index (κ2) is 5.52. The van der Waals surface area contributed by atoms with Crippen molar-refractivity contribution in [1.82, 2.24) is 9.55 Å². The van der Waals surface area contributed by atoms with Gasteiger partial charge in [-0.15, -0.1) is 0 Å². The molecule has 1 aromatic heterocycles. The van der Waals surface area contributed by atoms with Crippen LogP contribution < -0.4 is 5.73 Å². The fraction of sp³-hybridized carbons (Fsp3) is 0.462. The molecular weight excluding hydrogens is 234 g/mol. The molecule has 0 bridgehead atoms. The van der Waals surface area contributed by atoms with Gasteiger partial charge in [0.1, 0.15) is 5.82 Å². The molecule has 0 aliphatic carbocycles. The van der Waals surface area contributed by atoms with Crippen LogP contribution in [-0.2, 0) is 13.0 Å². The van der Waals surface area contributed by atoms with Gasteiger partial charge in [0.25, 0.3) is 0 Å². The largest absolute Gasteiger partial charge is 0.330 e. The number of benzene rings is 1. The van der Waals surface area contributed by atoms with Gasteiger partial charge in [0.2, 0.25) is 0 Å². The van der Waals surface area contributed by atoms with Crippen molar-refractivity contribution in [1.29, 1.82) is 0 Å². The Bertz CT molecular complexity index is 505. The molecule has 1 heterocycles. The van der Waals surface area contributed by atoms with Crippen molar-refractivity contribution in [2.45, 2.75) is 32.7 Å². The molecule has 0 amide bonds. The van der Waals surface area contributed by atoms with Crippen LogP contribution in [-0.4, -0.2) is 16.1 Å². The zero-order chi connectivity index (χ0) is 12.3. The van der Waals surface area contributed by atoms with Crippen LogP contribution in [0, 0.1) is 0 Å². The van der Waals surface area contributed by atoms with E-state index in [1.54, 1.807) is 0 Å². The summed E-state index contributed by atoms with van der Waals surface area (Å²) in [7, 11) is 0. The molecule has 0 saturated carbocycles. The average Bonchev–Trinajstić information content (AvgIpc) is 2.65. The number of rotatable bonds is 5. The lowest BCUT2D eigenvalue weighted by molar-refractivity contribution is 0.639. The van der Waals surface area contributed by atoms with Gasteiger partial charge in [-0.25, -0.2) is 4.98 Å². The SMILES string of the molecule is CCCn1c(CCCN)nc2ccc(Cl)cc21. The number of hydrogen-bond acceptors (Lipinski definition) is 2. The van der Waals surface area contributed by atoms with E-state index in [0.29, 0.717) is 6.54 Å². The fourth-order valence-corrected chi connectivity index (χ4v) is 2.24. The zero-order valence-corrected chi connectivity index (χ0v) is 10.9. The van der Waals surface area contributed by atoms with E-state index in [0.717, 1.165) is 47.7 Å². The van der Waals surface area contributed by atoms with Crippen molar-refractivity contribution in [2.75, 3.05) is 6.54 Å². The maximum absolute atomic E-state index is 6.04. The van der Waals surface area contributed by atoms with Crippen molar-refractivity contribution in [3.8, 4) is 0 Å². The monoisotopic (exact) mass is 251 g/mol. The average molecular weight is 252 g/mol. The number of imidazole rings is 1. The molecule has 0 saturated heterocycles. The Morgan fingerprint density at radius 3 is 2.94 bits per heavy atom. The van der Waals surface area contributed by atoms with Crippen LogP contribution in [0.4, 0.5) is 0 Å². The number of halogens is 1. The van der Waals surface area contributed by atoms with Crippen LogP contribution >= 0.6 is 11.6 Å². The molecular formula is C13H18ClN3. The van der Waals surface area contributed by atoms with E-state index in [1.807, 2.05) is 18.2 Å². The van der Waals surface area contributed by atoms with Gasteiger partial charge < -0.3 is 10.3 Å². The third-order valence-corrected chi connectivity index (χ3v) is 3.08. The van der Waals surface area contributed by atoms with E-state index in [4.69, 9.17) is 17.3 Å². The predicted molar refractivity (Wildman–Crippen MR) is 72.4 cm³/mol. The van der Waals surface area contributed by atoms with Gasteiger partial charge >= 0.3 is 0 Å². The van der Waals surface area contributed by atoms with Gasteiger partial charge in [0.15, 0.2) is 0 Å². The summed E-state index contributed by atoms with van der Waals surface area (Å²) in [5.41, 5.74) is 7.71. The number of fused-ring (bicyclic) bond motifs is 1. The third-order valence-electron chi connectivity index (χ3n) is 2.84. The van der Waals surface area contributed by atoms with Crippen molar-refractivity contribution in [3.63, 3.8) is 0 Å². The Morgan fingerprint density at radius 1 is 1.41 bits per heavy atom. The van der Waals surface area contributed by atoms with E-state index < -0.39 is 0 Å². The van der Waals surface area contributed by atoms with Crippen LogP contribution in [0.2, 0.25) is 5.02 Å². The predicted octanol–water partition coefficient (Wildman–Crippen LogP) is 2.99. The first-order chi connectivity index (χ1) is 8.26. The first-order valence-electron chi connectivity index (χ1n) is 6.11. The summed E-state index contributed by atoms with van der Waals surface area (Å²) < 4.78 is 2.26. The van der Waals surface area contributed by atoms with Gasteiger partial charge in [-0.05, 0) is 37.6 Å². The molecule has 92 valence electrons. The Labute approximate surface area is 107 Å². The summed E-state index contributed by atoms with van der Waals surface area (Å²) in [6, 6.07) is 5.86. The molecule has 0 fully saturated rings. The van der Waals surface area contributed by atoms with Crippen LogP contribution in [0.25, 0.3) is 11.0 Å². The maximum atomic E-state index is 6.04. The van der Waals surface area contributed by atoms with E-state index in [9.17, 15) is 0 Å². The minimum absolute atomic E-state index is 0.704. The lowest BCUT2D eigenvalue weighted by Crippen LogP contribution is -2.07. The summed E-state index contributed by atoms with van der Waals surface area (Å²) in [4.78, 5) is 4.66. The molecule has 3 nitrogen and oxygen atoms in total. The van der Waals surface area contributed by atoms with Crippen molar-refractivity contribution < 1.29 is 0 Å². The van der Waals surface area contributed by atoms with Crippen molar-refractivity contribution in [2.24, 2.45) is 5.73 Å². The first kappa shape index (κ1) is 12.4. The molecule has 0 aliphatic heterocycles. The highest BCUT2D eigenvalue weighted by Crippen LogP contribution is 2.21. The molecule has 0 radical (unpaired) electrons. The Balaban J connectivity index is 2.46. The van der Waals surface area contributed by atoms with E-state index >= 15 is 0 Å². The van der Waals surface area contributed by atoms with Gasteiger partial charge in [-0.3, -0.25) is 0 Å². The molecule has 1 aromatic carbocycles. The number of aryl methyl sites for hydroxylation is 2. The number of hydrogen-bond donors (Lipinski definition) is 1. The van der Waals surface area contributed by atoms with Gasteiger partial charge in [-0.1, -0.05) is 18.5 Å². The third kappa shape index (κ3) is 2.61. The molecule has 2 rings (SSSR count). The highest BCUT2D eigenvalue weighted by atomic mass is 35.5. The number of nitrogens with two attached hydrogens (primary N) is 1. The smallest absolute Gasteiger partial charge is 0.109 e. The molecule has 17 heavy (non-hydrogen) atoms. The van der Waals surface area contributed by atoms with E-state index in [2.05, 4.69) is 16.5 Å². The Kier molecular flexibility index (Phi) is 4.02. The van der Waals surface area contributed by atoms with E-state index in [1.165, 1.54) is 0 Å². The molecule has 0 unspecified atom stereocenters. The molecule has 2 N–H and O–H groups in total. The maximum Gasteiger partial charge on any atom is 0.109 e.